The molecule has 3 aromatic rings. The quantitative estimate of drug-likeness (QED) is 0.385. The Morgan fingerprint density at radius 2 is 1.75 bits per heavy atom. The number of aryl methyl sites for hydroxylation is 1. The second-order valence-corrected chi connectivity index (χ2v) is 7.99. The minimum Gasteiger partial charge on any atom is -0.493 e. The highest BCUT2D eigenvalue weighted by Gasteiger charge is 2.12. The molecule has 0 amide bonds. The van der Waals surface area contributed by atoms with Crippen molar-refractivity contribution in [3.05, 3.63) is 85.8 Å². The monoisotopic (exact) mass is 479 g/mol. The molecule has 6 heteroatoms. The lowest BCUT2D eigenvalue weighted by Gasteiger charge is -2.16. The van der Waals surface area contributed by atoms with Gasteiger partial charge in [0.15, 0.2) is 11.5 Å². The van der Waals surface area contributed by atoms with Gasteiger partial charge in [0.05, 0.1) is 17.8 Å². The fraction of sp³-hybridized carbons (Fsp3) is 0.182. The van der Waals surface area contributed by atoms with E-state index in [1.54, 1.807) is 19.2 Å². The number of nitrogens with one attached hydrogen (secondary N) is 1. The Morgan fingerprint density at radius 1 is 0.964 bits per heavy atom. The van der Waals surface area contributed by atoms with Crippen LogP contribution in [-0.4, -0.2) is 7.11 Å². The lowest BCUT2D eigenvalue weighted by atomic mass is 10.1. The molecule has 0 aliphatic carbocycles. The second kappa shape index (κ2) is 9.55. The van der Waals surface area contributed by atoms with E-state index < -0.39 is 0 Å². The molecule has 0 atom stereocenters. The molecule has 0 saturated carbocycles. The number of halogens is 3. The maximum atomic E-state index is 6.23. The van der Waals surface area contributed by atoms with Crippen molar-refractivity contribution in [1.82, 2.24) is 0 Å². The van der Waals surface area contributed by atoms with Crippen molar-refractivity contribution < 1.29 is 9.47 Å². The highest BCUT2D eigenvalue weighted by atomic mass is 79.9. The molecule has 0 bridgehead atoms. The first kappa shape index (κ1) is 20.8. The summed E-state index contributed by atoms with van der Waals surface area (Å²) in [5.41, 5.74) is 4.17. The highest BCUT2D eigenvalue weighted by molar-refractivity contribution is 9.10. The molecule has 0 aliphatic rings. The summed E-state index contributed by atoms with van der Waals surface area (Å²) in [4.78, 5) is 0. The summed E-state index contributed by atoms with van der Waals surface area (Å²) in [6.07, 6.45) is 0. The van der Waals surface area contributed by atoms with Gasteiger partial charge in [-0.05, 0) is 53.9 Å². The van der Waals surface area contributed by atoms with Crippen LogP contribution in [0.1, 0.15) is 16.7 Å². The van der Waals surface area contributed by atoms with Gasteiger partial charge >= 0.3 is 0 Å². The van der Waals surface area contributed by atoms with Gasteiger partial charge in [-0.15, -0.1) is 0 Å². The number of anilines is 1. The van der Waals surface area contributed by atoms with Gasteiger partial charge in [-0.3, -0.25) is 0 Å². The van der Waals surface area contributed by atoms with Crippen molar-refractivity contribution in [3.63, 3.8) is 0 Å². The topological polar surface area (TPSA) is 30.5 Å². The first-order chi connectivity index (χ1) is 13.5. The molecule has 146 valence electrons. The number of ether oxygens (including phenoxy) is 2. The summed E-state index contributed by atoms with van der Waals surface area (Å²) in [7, 11) is 1.64. The molecule has 0 unspecified atom stereocenters. The molecule has 0 spiro atoms. The largest absolute Gasteiger partial charge is 0.493 e. The minimum atomic E-state index is 0.480. The van der Waals surface area contributed by atoms with E-state index in [9.17, 15) is 0 Å². The average molecular weight is 481 g/mol. The standard InChI is InChI=1S/C22H20BrCl2NO2/c1-14-5-3-4-6-15(14)13-28-22-11-18(23)16(9-21(22)27-2)12-26-20-8-7-17(24)10-19(20)25/h3-11,26H,12-13H2,1-2H3. The van der Waals surface area contributed by atoms with Crippen LogP contribution in [0, 0.1) is 6.92 Å². The van der Waals surface area contributed by atoms with E-state index in [0.29, 0.717) is 34.7 Å². The highest BCUT2D eigenvalue weighted by Crippen LogP contribution is 2.35. The van der Waals surface area contributed by atoms with Crippen molar-refractivity contribution >= 4 is 44.8 Å². The van der Waals surface area contributed by atoms with Crippen molar-refractivity contribution in [2.75, 3.05) is 12.4 Å². The zero-order valence-corrected chi connectivity index (χ0v) is 18.7. The Bertz CT molecular complexity index is 979. The molecule has 3 rings (SSSR count). The maximum Gasteiger partial charge on any atom is 0.162 e. The van der Waals surface area contributed by atoms with E-state index in [4.69, 9.17) is 32.7 Å². The van der Waals surface area contributed by atoms with Crippen LogP contribution >= 0.6 is 39.1 Å². The minimum absolute atomic E-state index is 0.480. The summed E-state index contributed by atoms with van der Waals surface area (Å²) in [6, 6.07) is 17.4. The molecule has 0 fully saturated rings. The van der Waals surface area contributed by atoms with Gasteiger partial charge in [-0.1, -0.05) is 63.4 Å². The predicted octanol–water partition coefficient (Wildman–Crippen LogP) is 7.26. The Hall–Kier alpha value is -1.88. The third-order valence-electron chi connectivity index (χ3n) is 4.38. The maximum absolute atomic E-state index is 6.23. The third kappa shape index (κ3) is 5.13. The molecule has 0 saturated heterocycles. The zero-order valence-electron chi connectivity index (χ0n) is 15.6. The number of methoxy groups -OCH3 is 1. The van der Waals surface area contributed by atoms with Crippen LogP contribution in [0.2, 0.25) is 10.0 Å². The van der Waals surface area contributed by atoms with E-state index in [1.165, 1.54) is 5.56 Å². The molecule has 1 N–H and O–H groups in total. The normalized spacial score (nSPS) is 10.6. The fourth-order valence-electron chi connectivity index (χ4n) is 2.74. The molecule has 28 heavy (non-hydrogen) atoms. The van der Waals surface area contributed by atoms with E-state index in [-0.39, 0.29) is 0 Å². The van der Waals surface area contributed by atoms with Crippen molar-refractivity contribution in [1.29, 1.82) is 0 Å². The lowest BCUT2D eigenvalue weighted by Crippen LogP contribution is -2.04. The number of hydrogen-bond acceptors (Lipinski definition) is 3. The van der Waals surface area contributed by atoms with Crippen molar-refractivity contribution in [3.8, 4) is 11.5 Å². The van der Waals surface area contributed by atoms with E-state index in [2.05, 4.69) is 40.3 Å². The van der Waals surface area contributed by atoms with E-state index >= 15 is 0 Å². The van der Waals surface area contributed by atoms with Crippen molar-refractivity contribution in [2.45, 2.75) is 20.1 Å². The molecular formula is C22H20BrCl2NO2. The summed E-state index contributed by atoms with van der Waals surface area (Å²) < 4.78 is 12.5. The van der Waals surface area contributed by atoms with Gasteiger partial charge in [-0.2, -0.15) is 0 Å². The van der Waals surface area contributed by atoms with Crippen LogP contribution in [0.5, 0.6) is 11.5 Å². The first-order valence-electron chi connectivity index (χ1n) is 8.70. The lowest BCUT2D eigenvalue weighted by molar-refractivity contribution is 0.283. The van der Waals surface area contributed by atoms with Crippen molar-refractivity contribution in [2.24, 2.45) is 0 Å². The smallest absolute Gasteiger partial charge is 0.162 e. The third-order valence-corrected chi connectivity index (χ3v) is 5.66. The van der Waals surface area contributed by atoms with Gasteiger partial charge in [0.2, 0.25) is 0 Å². The molecule has 0 aliphatic heterocycles. The van der Waals surface area contributed by atoms with Gasteiger partial charge < -0.3 is 14.8 Å². The predicted molar refractivity (Wildman–Crippen MR) is 120 cm³/mol. The summed E-state index contributed by atoms with van der Waals surface area (Å²) in [6.45, 7) is 3.12. The van der Waals surface area contributed by atoms with Crippen LogP contribution in [0.3, 0.4) is 0 Å². The van der Waals surface area contributed by atoms with Gasteiger partial charge in [0.25, 0.3) is 0 Å². The fourth-order valence-corrected chi connectivity index (χ4v) is 3.67. The molecule has 0 radical (unpaired) electrons. The number of rotatable bonds is 7. The average Bonchev–Trinajstić information content (AvgIpc) is 2.67. The summed E-state index contributed by atoms with van der Waals surface area (Å²) in [5, 5.41) is 4.50. The van der Waals surface area contributed by atoms with Crippen LogP contribution in [-0.2, 0) is 13.2 Å². The van der Waals surface area contributed by atoms with Gasteiger partial charge in [-0.25, -0.2) is 0 Å². The van der Waals surface area contributed by atoms with Crippen LogP contribution in [0.25, 0.3) is 0 Å². The van der Waals surface area contributed by atoms with Crippen LogP contribution in [0.4, 0.5) is 5.69 Å². The SMILES string of the molecule is COc1cc(CNc2ccc(Cl)cc2Cl)c(Br)cc1OCc1ccccc1C. The van der Waals surface area contributed by atoms with E-state index in [1.807, 2.05) is 30.3 Å². The number of benzene rings is 3. The summed E-state index contributed by atoms with van der Waals surface area (Å²) >= 11 is 15.8. The molecule has 3 aromatic carbocycles. The Morgan fingerprint density at radius 3 is 2.46 bits per heavy atom. The zero-order chi connectivity index (χ0) is 20.1. The Balaban J connectivity index is 1.74. The van der Waals surface area contributed by atoms with E-state index in [0.717, 1.165) is 21.3 Å². The van der Waals surface area contributed by atoms with Gasteiger partial charge in [0.1, 0.15) is 6.61 Å². The molecular weight excluding hydrogens is 461 g/mol. The number of hydrogen-bond donors (Lipinski definition) is 1. The Kier molecular flexibility index (Phi) is 7.11. The van der Waals surface area contributed by atoms with Crippen LogP contribution in [0.15, 0.2) is 59.1 Å². The molecule has 0 heterocycles. The summed E-state index contributed by atoms with van der Waals surface area (Å²) in [5.74, 6) is 1.36. The molecule has 3 nitrogen and oxygen atoms in total. The van der Waals surface area contributed by atoms with Gasteiger partial charge in [0, 0.05) is 16.0 Å². The Labute approximate surface area is 183 Å². The van der Waals surface area contributed by atoms with Crippen LogP contribution < -0.4 is 14.8 Å². The molecule has 0 aromatic heterocycles. The second-order valence-electron chi connectivity index (χ2n) is 6.29. The first-order valence-corrected chi connectivity index (χ1v) is 10.3.